The van der Waals surface area contributed by atoms with Crippen LogP contribution in [0.2, 0.25) is 0 Å². The summed E-state index contributed by atoms with van der Waals surface area (Å²) in [4.78, 5) is 11.6. The lowest BCUT2D eigenvalue weighted by molar-refractivity contribution is 0.0967. The Hall–Kier alpha value is -1.18. The van der Waals surface area contributed by atoms with Gasteiger partial charge in [0, 0.05) is 12.0 Å². The molecule has 2 heteroatoms. The number of carbonyl (C=O) groups is 1. The average Bonchev–Trinajstić information content (AvgIpc) is 2.00. The van der Waals surface area contributed by atoms with Gasteiger partial charge in [-0.1, -0.05) is 13.8 Å². The number of hydrogen-bond donors (Lipinski definition) is 0. The van der Waals surface area contributed by atoms with E-state index < -0.39 is 0 Å². The third-order valence-corrected chi connectivity index (χ3v) is 1.96. The summed E-state index contributed by atoms with van der Waals surface area (Å²) in [5.41, 5.74) is 1.27. The Morgan fingerprint density at radius 1 is 1.36 bits per heavy atom. The summed E-state index contributed by atoms with van der Waals surface area (Å²) in [5, 5.41) is 0. The second kappa shape index (κ2) is 4.36. The molecule has 0 spiro atoms. The van der Waals surface area contributed by atoms with Crippen molar-refractivity contribution in [1.29, 1.82) is 0 Å². The quantitative estimate of drug-likeness (QED) is 0.674. The molecule has 0 radical (unpaired) electrons. The van der Waals surface area contributed by atoms with Gasteiger partial charge in [-0.25, -0.2) is 4.39 Å². The zero-order valence-electron chi connectivity index (χ0n) is 8.80. The van der Waals surface area contributed by atoms with E-state index in [1.165, 1.54) is 12.1 Å². The first-order valence-electron chi connectivity index (χ1n) is 4.79. The van der Waals surface area contributed by atoms with Crippen molar-refractivity contribution in [2.45, 2.75) is 27.2 Å². The van der Waals surface area contributed by atoms with Gasteiger partial charge < -0.3 is 0 Å². The minimum Gasteiger partial charge on any atom is -0.294 e. The number of hydrogen-bond acceptors (Lipinski definition) is 1. The van der Waals surface area contributed by atoms with Crippen LogP contribution in [-0.4, -0.2) is 5.78 Å². The van der Waals surface area contributed by atoms with Crippen molar-refractivity contribution in [3.63, 3.8) is 0 Å². The predicted molar refractivity (Wildman–Crippen MR) is 54.9 cm³/mol. The average molecular weight is 194 g/mol. The van der Waals surface area contributed by atoms with E-state index in [0.717, 1.165) is 5.56 Å². The van der Waals surface area contributed by atoms with Crippen LogP contribution in [0.5, 0.6) is 0 Å². The van der Waals surface area contributed by atoms with Crippen LogP contribution in [0, 0.1) is 18.7 Å². The molecule has 0 aliphatic heterocycles. The highest BCUT2D eigenvalue weighted by atomic mass is 19.1. The van der Waals surface area contributed by atoms with Gasteiger partial charge >= 0.3 is 0 Å². The lowest BCUT2D eigenvalue weighted by Gasteiger charge is -2.05. The summed E-state index contributed by atoms with van der Waals surface area (Å²) in [6.45, 7) is 5.74. The number of aryl methyl sites for hydroxylation is 1. The molecule has 1 nitrogen and oxygen atoms in total. The first-order chi connectivity index (χ1) is 6.49. The predicted octanol–water partition coefficient (Wildman–Crippen LogP) is 3.36. The smallest absolute Gasteiger partial charge is 0.163 e. The maximum Gasteiger partial charge on any atom is 0.163 e. The Balaban J connectivity index is 2.90. The summed E-state index contributed by atoms with van der Waals surface area (Å²) < 4.78 is 13.0. The molecule has 0 N–H and O–H groups in total. The highest BCUT2D eigenvalue weighted by molar-refractivity contribution is 5.96. The maximum absolute atomic E-state index is 13.0. The van der Waals surface area contributed by atoms with Crippen molar-refractivity contribution in [3.8, 4) is 0 Å². The molecule has 1 rings (SSSR count). The molecule has 76 valence electrons. The highest BCUT2D eigenvalue weighted by Gasteiger charge is 2.09. The third-order valence-electron chi connectivity index (χ3n) is 1.96. The standard InChI is InChI=1S/C12H15FO/c1-8(2)4-12(14)10-5-9(3)6-11(13)7-10/h5-8H,4H2,1-3H3. The molecule has 0 saturated carbocycles. The molecule has 0 atom stereocenters. The van der Waals surface area contributed by atoms with Gasteiger partial charge in [-0.15, -0.1) is 0 Å². The van der Waals surface area contributed by atoms with Gasteiger partial charge in [-0.05, 0) is 36.6 Å². The van der Waals surface area contributed by atoms with Gasteiger partial charge in [0.15, 0.2) is 5.78 Å². The van der Waals surface area contributed by atoms with Crippen LogP contribution in [0.1, 0.15) is 36.2 Å². The fourth-order valence-electron chi connectivity index (χ4n) is 1.39. The van der Waals surface area contributed by atoms with Crippen molar-refractivity contribution >= 4 is 5.78 Å². The number of carbonyl (C=O) groups excluding carboxylic acids is 1. The molecule has 1 aromatic rings. The number of ketones is 1. The van der Waals surface area contributed by atoms with Gasteiger partial charge in [0.1, 0.15) is 5.82 Å². The molecule has 0 aliphatic carbocycles. The van der Waals surface area contributed by atoms with E-state index in [1.807, 2.05) is 13.8 Å². The van der Waals surface area contributed by atoms with E-state index in [0.29, 0.717) is 17.9 Å². The molecule has 0 unspecified atom stereocenters. The van der Waals surface area contributed by atoms with E-state index in [-0.39, 0.29) is 11.6 Å². The van der Waals surface area contributed by atoms with Crippen LogP contribution in [0.3, 0.4) is 0 Å². The Labute approximate surface area is 83.9 Å². The first kappa shape index (κ1) is 10.9. The summed E-state index contributed by atoms with van der Waals surface area (Å²) in [6, 6.07) is 4.46. The lowest BCUT2D eigenvalue weighted by atomic mass is 10.00. The van der Waals surface area contributed by atoms with Crippen molar-refractivity contribution in [2.24, 2.45) is 5.92 Å². The Kier molecular flexibility index (Phi) is 3.39. The van der Waals surface area contributed by atoms with Crippen LogP contribution in [0.4, 0.5) is 4.39 Å². The zero-order chi connectivity index (χ0) is 10.7. The number of halogens is 1. The third kappa shape index (κ3) is 2.95. The van der Waals surface area contributed by atoms with Crippen LogP contribution in [-0.2, 0) is 0 Å². The number of rotatable bonds is 3. The molecule has 0 aliphatic rings. The van der Waals surface area contributed by atoms with Crippen molar-refractivity contribution in [2.75, 3.05) is 0 Å². The second-order valence-corrected chi connectivity index (χ2v) is 4.04. The molecular weight excluding hydrogens is 179 g/mol. The monoisotopic (exact) mass is 194 g/mol. The molecule has 0 fully saturated rings. The Morgan fingerprint density at radius 2 is 2.00 bits per heavy atom. The molecule has 0 bridgehead atoms. The molecule has 1 aromatic carbocycles. The largest absolute Gasteiger partial charge is 0.294 e. The number of Topliss-reactive ketones (excluding diaryl/α,β-unsaturated/α-hetero) is 1. The Morgan fingerprint density at radius 3 is 2.50 bits per heavy atom. The van der Waals surface area contributed by atoms with Gasteiger partial charge in [0.2, 0.25) is 0 Å². The van der Waals surface area contributed by atoms with Crippen LogP contribution >= 0.6 is 0 Å². The van der Waals surface area contributed by atoms with E-state index in [2.05, 4.69) is 0 Å². The minimum absolute atomic E-state index is 0.0163. The number of benzene rings is 1. The molecule has 14 heavy (non-hydrogen) atoms. The van der Waals surface area contributed by atoms with E-state index in [1.54, 1.807) is 13.0 Å². The normalized spacial score (nSPS) is 10.6. The summed E-state index contributed by atoms with van der Waals surface area (Å²) in [7, 11) is 0. The fraction of sp³-hybridized carbons (Fsp3) is 0.417. The lowest BCUT2D eigenvalue weighted by Crippen LogP contribution is -2.04. The van der Waals surface area contributed by atoms with Crippen molar-refractivity contribution in [3.05, 3.63) is 35.1 Å². The van der Waals surface area contributed by atoms with E-state index >= 15 is 0 Å². The second-order valence-electron chi connectivity index (χ2n) is 4.04. The first-order valence-corrected chi connectivity index (χ1v) is 4.79. The fourth-order valence-corrected chi connectivity index (χ4v) is 1.39. The van der Waals surface area contributed by atoms with Crippen LogP contribution < -0.4 is 0 Å². The van der Waals surface area contributed by atoms with Crippen LogP contribution in [0.25, 0.3) is 0 Å². The van der Waals surface area contributed by atoms with Crippen molar-refractivity contribution < 1.29 is 9.18 Å². The van der Waals surface area contributed by atoms with Gasteiger partial charge in [-0.2, -0.15) is 0 Å². The maximum atomic E-state index is 13.0. The topological polar surface area (TPSA) is 17.1 Å². The SMILES string of the molecule is Cc1cc(F)cc(C(=O)CC(C)C)c1. The van der Waals surface area contributed by atoms with Gasteiger partial charge in [0.05, 0.1) is 0 Å². The molecule has 0 amide bonds. The summed E-state index contributed by atoms with van der Waals surface area (Å²) >= 11 is 0. The van der Waals surface area contributed by atoms with Gasteiger partial charge in [0.25, 0.3) is 0 Å². The Bertz CT molecular complexity index is 322. The van der Waals surface area contributed by atoms with E-state index in [4.69, 9.17) is 0 Å². The molecule has 0 saturated heterocycles. The van der Waals surface area contributed by atoms with Gasteiger partial charge in [-0.3, -0.25) is 4.79 Å². The highest BCUT2D eigenvalue weighted by Crippen LogP contribution is 2.13. The molecular formula is C12H15FO. The zero-order valence-corrected chi connectivity index (χ0v) is 8.80. The summed E-state index contributed by atoms with van der Waals surface area (Å²) in [5.74, 6) is -0.00854. The minimum atomic E-state index is -0.336. The van der Waals surface area contributed by atoms with Crippen molar-refractivity contribution in [1.82, 2.24) is 0 Å². The van der Waals surface area contributed by atoms with E-state index in [9.17, 15) is 9.18 Å². The molecule has 0 aromatic heterocycles. The van der Waals surface area contributed by atoms with Crippen LogP contribution in [0.15, 0.2) is 18.2 Å². The molecule has 0 heterocycles. The summed E-state index contributed by atoms with van der Waals surface area (Å²) in [6.07, 6.45) is 0.475.